The van der Waals surface area contributed by atoms with Gasteiger partial charge in [0.25, 0.3) is 5.56 Å². The summed E-state index contributed by atoms with van der Waals surface area (Å²) in [4.78, 5) is 21.2. The minimum atomic E-state index is -0.278. The van der Waals surface area contributed by atoms with Crippen LogP contribution in [0.3, 0.4) is 0 Å². The number of benzene rings is 1. The summed E-state index contributed by atoms with van der Waals surface area (Å²) in [5, 5.41) is 2.24. The van der Waals surface area contributed by atoms with Gasteiger partial charge in [-0.25, -0.2) is 0 Å². The van der Waals surface area contributed by atoms with Crippen molar-refractivity contribution in [3.05, 3.63) is 64.1 Å². The molecular weight excluding hydrogens is 260 g/mol. The Morgan fingerprint density at radius 2 is 2.05 bits per heavy atom. The van der Waals surface area contributed by atoms with Gasteiger partial charge in [-0.2, -0.15) is 4.99 Å². The number of pyridine rings is 1. The van der Waals surface area contributed by atoms with Gasteiger partial charge in [0.05, 0.1) is 16.5 Å². The van der Waals surface area contributed by atoms with Crippen LogP contribution in [0, 0.1) is 6.92 Å². The second-order valence-electron chi connectivity index (χ2n) is 3.95. The number of rotatable bonds is 4. The Morgan fingerprint density at radius 3 is 2.68 bits per heavy atom. The SMILES string of the molecule is Cc1cc(N=C=S)cc(=O)n1OCc1ccccc1. The lowest BCUT2D eigenvalue weighted by atomic mass is 10.2. The lowest BCUT2D eigenvalue weighted by molar-refractivity contribution is 0.0847. The van der Waals surface area contributed by atoms with Gasteiger partial charge in [0.1, 0.15) is 6.61 Å². The van der Waals surface area contributed by atoms with Crippen LogP contribution in [0.2, 0.25) is 0 Å². The van der Waals surface area contributed by atoms with Gasteiger partial charge in [0, 0.05) is 6.07 Å². The summed E-state index contributed by atoms with van der Waals surface area (Å²) in [5.41, 5.74) is 1.86. The fourth-order valence-corrected chi connectivity index (χ4v) is 1.77. The molecule has 5 heteroatoms. The summed E-state index contributed by atoms with van der Waals surface area (Å²) in [5.74, 6) is 0. The standard InChI is InChI=1S/C14H12N2O2S/c1-11-7-13(15-10-19)8-14(17)16(11)18-9-12-5-3-2-4-6-12/h2-8H,9H2,1H3. The Balaban J connectivity index is 2.22. The number of thiocarbonyl (C=S) groups is 1. The molecule has 0 atom stereocenters. The third kappa shape index (κ3) is 3.37. The topological polar surface area (TPSA) is 43.6 Å². The van der Waals surface area contributed by atoms with Crippen molar-refractivity contribution in [3.63, 3.8) is 0 Å². The summed E-state index contributed by atoms with van der Waals surface area (Å²) < 4.78 is 1.25. The monoisotopic (exact) mass is 272 g/mol. The Bertz CT molecular complexity index is 674. The highest BCUT2D eigenvalue weighted by Crippen LogP contribution is 2.09. The van der Waals surface area contributed by atoms with E-state index in [2.05, 4.69) is 22.4 Å². The molecule has 1 aromatic carbocycles. The zero-order valence-electron chi connectivity index (χ0n) is 10.4. The van der Waals surface area contributed by atoms with Crippen LogP contribution in [0.15, 0.2) is 52.3 Å². The molecule has 0 aliphatic carbocycles. The van der Waals surface area contributed by atoms with Gasteiger partial charge in [0.2, 0.25) is 0 Å². The van der Waals surface area contributed by atoms with Crippen molar-refractivity contribution in [3.8, 4) is 0 Å². The normalized spacial score (nSPS) is 9.74. The van der Waals surface area contributed by atoms with Gasteiger partial charge in [-0.15, -0.1) is 4.73 Å². The Kier molecular flexibility index (Phi) is 4.23. The maximum atomic E-state index is 11.9. The maximum Gasteiger partial charge on any atom is 0.285 e. The first-order valence-electron chi connectivity index (χ1n) is 5.69. The Morgan fingerprint density at radius 1 is 1.32 bits per heavy atom. The number of nitrogens with zero attached hydrogens (tertiary/aromatic N) is 2. The molecule has 0 N–H and O–H groups in total. The molecule has 2 rings (SSSR count). The molecule has 0 bridgehead atoms. The summed E-state index contributed by atoms with van der Waals surface area (Å²) in [6, 6.07) is 12.7. The molecular formula is C14H12N2O2S. The Hall–Kier alpha value is -2.23. The molecule has 0 fully saturated rings. The minimum Gasteiger partial charge on any atom is -0.406 e. The average molecular weight is 272 g/mol. The number of aryl methyl sites for hydroxylation is 1. The van der Waals surface area contributed by atoms with E-state index in [1.54, 1.807) is 13.0 Å². The van der Waals surface area contributed by atoms with E-state index in [1.807, 2.05) is 30.3 Å². The largest absolute Gasteiger partial charge is 0.406 e. The second kappa shape index (κ2) is 6.09. The van der Waals surface area contributed by atoms with Crippen LogP contribution in [0.25, 0.3) is 0 Å². The molecule has 0 radical (unpaired) electrons. The molecule has 19 heavy (non-hydrogen) atoms. The summed E-state index contributed by atoms with van der Waals surface area (Å²) in [6.45, 7) is 2.10. The summed E-state index contributed by atoms with van der Waals surface area (Å²) >= 11 is 4.51. The molecule has 0 aliphatic rings. The zero-order valence-corrected chi connectivity index (χ0v) is 11.2. The van der Waals surface area contributed by atoms with Crippen molar-refractivity contribution in [1.29, 1.82) is 0 Å². The van der Waals surface area contributed by atoms with Crippen LogP contribution >= 0.6 is 12.2 Å². The highest BCUT2D eigenvalue weighted by Gasteiger charge is 2.04. The minimum absolute atomic E-state index is 0.278. The predicted octanol–water partition coefficient (Wildman–Crippen LogP) is 2.52. The molecule has 0 saturated heterocycles. The Labute approximate surface area is 115 Å². The van der Waals surface area contributed by atoms with E-state index < -0.39 is 0 Å². The second-order valence-corrected chi connectivity index (χ2v) is 4.13. The van der Waals surface area contributed by atoms with Crippen molar-refractivity contribution in [1.82, 2.24) is 4.73 Å². The fourth-order valence-electron chi connectivity index (χ4n) is 1.67. The first-order valence-corrected chi connectivity index (χ1v) is 6.10. The molecule has 0 spiro atoms. The maximum absolute atomic E-state index is 11.9. The van der Waals surface area contributed by atoms with E-state index in [1.165, 1.54) is 10.8 Å². The predicted molar refractivity (Wildman–Crippen MR) is 76.9 cm³/mol. The van der Waals surface area contributed by atoms with Gasteiger partial charge in [-0.3, -0.25) is 4.79 Å². The lowest BCUT2D eigenvalue weighted by Gasteiger charge is -2.11. The van der Waals surface area contributed by atoms with Gasteiger partial charge in [0.15, 0.2) is 0 Å². The van der Waals surface area contributed by atoms with Crippen molar-refractivity contribution in [2.24, 2.45) is 4.99 Å². The van der Waals surface area contributed by atoms with Crippen LogP contribution in [-0.2, 0) is 6.61 Å². The van der Waals surface area contributed by atoms with Crippen LogP contribution in [0.5, 0.6) is 0 Å². The number of aromatic nitrogens is 1. The van der Waals surface area contributed by atoms with Crippen molar-refractivity contribution in [2.45, 2.75) is 13.5 Å². The average Bonchev–Trinajstić information content (AvgIpc) is 2.39. The van der Waals surface area contributed by atoms with Crippen LogP contribution < -0.4 is 10.4 Å². The molecule has 0 amide bonds. The number of hydrogen-bond acceptors (Lipinski definition) is 4. The molecule has 2 aromatic rings. The summed E-state index contributed by atoms with van der Waals surface area (Å²) in [7, 11) is 0. The lowest BCUT2D eigenvalue weighted by Crippen LogP contribution is -2.27. The number of aliphatic imine (C=N–C) groups is 1. The van der Waals surface area contributed by atoms with E-state index in [-0.39, 0.29) is 5.56 Å². The summed E-state index contributed by atoms with van der Waals surface area (Å²) in [6.07, 6.45) is 0. The number of hydrogen-bond donors (Lipinski definition) is 0. The molecule has 4 nitrogen and oxygen atoms in total. The van der Waals surface area contributed by atoms with Crippen molar-refractivity contribution in [2.75, 3.05) is 0 Å². The zero-order chi connectivity index (χ0) is 13.7. The van der Waals surface area contributed by atoms with Crippen molar-refractivity contribution < 1.29 is 4.84 Å². The molecule has 96 valence electrons. The molecule has 0 aliphatic heterocycles. The fraction of sp³-hybridized carbons (Fsp3) is 0.143. The van der Waals surface area contributed by atoms with Crippen molar-refractivity contribution >= 4 is 23.1 Å². The number of isothiocyanates is 1. The van der Waals surface area contributed by atoms with E-state index >= 15 is 0 Å². The molecule has 1 heterocycles. The van der Waals surface area contributed by atoms with Gasteiger partial charge in [-0.05, 0) is 30.8 Å². The van der Waals surface area contributed by atoms with E-state index in [0.29, 0.717) is 18.0 Å². The van der Waals surface area contributed by atoms with E-state index in [0.717, 1.165) is 5.56 Å². The van der Waals surface area contributed by atoms with Crippen LogP contribution in [0.1, 0.15) is 11.3 Å². The van der Waals surface area contributed by atoms with Gasteiger partial charge < -0.3 is 4.84 Å². The molecule has 0 unspecified atom stereocenters. The molecule has 1 aromatic heterocycles. The highest BCUT2D eigenvalue weighted by molar-refractivity contribution is 7.78. The van der Waals surface area contributed by atoms with Gasteiger partial charge >= 0.3 is 0 Å². The molecule has 0 saturated carbocycles. The van der Waals surface area contributed by atoms with E-state index in [4.69, 9.17) is 4.84 Å². The quantitative estimate of drug-likeness (QED) is 0.634. The van der Waals surface area contributed by atoms with Gasteiger partial charge in [-0.1, -0.05) is 30.3 Å². The van der Waals surface area contributed by atoms with E-state index in [9.17, 15) is 4.79 Å². The first-order chi connectivity index (χ1) is 9.20. The third-order valence-corrected chi connectivity index (χ3v) is 2.62. The first kappa shape index (κ1) is 13.2. The highest BCUT2D eigenvalue weighted by atomic mass is 32.1. The smallest absolute Gasteiger partial charge is 0.285 e. The van der Waals surface area contributed by atoms with Crippen LogP contribution in [0.4, 0.5) is 5.69 Å². The third-order valence-electron chi connectivity index (χ3n) is 2.53. The van der Waals surface area contributed by atoms with Crippen LogP contribution in [-0.4, -0.2) is 9.89 Å².